The number of piperidine rings is 1. The molecule has 0 bridgehead atoms. The van der Waals surface area contributed by atoms with Crippen LogP contribution in [0, 0.1) is 0 Å². The van der Waals surface area contributed by atoms with Crippen LogP contribution in [0.1, 0.15) is 83.0 Å². The number of hydrogen-bond donors (Lipinski definition) is 2. The molecule has 3 heterocycles. The van der Waals surface area contributed by atoms with Gasteiger partial charge in [-0.3, -0.25) is 14.2 Å². The maximum absolute atomic E-state index is 13.8. The third-order valence-electron chi connectivity index (χ3n) is 3.08. The second kappa shape index (κ2) is 8.18. The van der Waals surface area contributed by atoms with E-state index in [1.165, 1.54) is 0 Å². The van der Waals surface area contributed by atoms with Gasteiger partial charge in [-0.25, -0.2) is 4.98 Å². The van der Waals surface area contributed by atoms with E-state index in [1.54, 1.807) is 0 Å². The molecule has 2 unspecified atom stereocenters. The van der Waals surface area contributed by atoms with E-state index >= 15 is 0 Å². The van der Waals surface area contributed by atoms with Crippen molar-refractivity contribution in [1.82, 2.24) is 19.8 Å². The molecule has 2 aromatic heterocycles. The summed E-state index contributed by atoms with van der Waals surface area (Å²) in [6.07, 6.45) is -12.8. The van der Waals surface area contributed by atoms with Gasteiger partial charge in [0.2, 0.25) is 0 Å². The minimum atomic E-state index is -3.88. The molecule has 0 aliphatic carbocycles. The number of rotatable bonds is 7. The van der Waals surface area contributed by atoms with Crippen molar-refractivity contribution in [2.75, 3.05) is 26.0 Å². The monoisotopic (exact) mass is 400 g/mol. The molecule has 0 saturated carbocycles. The first-order valence-corrected chi connectivity index (χ1v) is 7.71. The first kappa shape index (κ1) is 5.54. The Morgan fingerprint density at radius 1 is 1.65 bits per heavy atom. The quantitative estimate of drug-likeness (QED) is 0.745. The van der Waals surface area contributed by atoms with Gasteiger partial charge < -0.3 is 15.3 Å². The van der Waals surface area contributed by atoms with Crippen molar-refractivity contribution in [3.8, 4) is 5.75 Å². The van der Waals surface area contributed by atoms with E-state index in [9.17, 15) is 9.59 Å². The highest BCUT2D eigenvalue weighted by Crippen LogP contribution is 2.29. The fourth-order valence-corrected chi connectivity index (χ4v) is 2.72. The Kier molecular flexibility index (Phi) is 1.74. The van der Waals surface area contributed by atoms with E-state index < -0.39 is 115 Å². The molecule has 0 aromatic carbocycles. The van der Waals surface area contributed by atoms with E-state index in [4.69, 9.17) is 30.3 Å². The molecule has 7 nitrogen and oxygen atoms in total. The predicted octanol–water partition coefficient (Wildman–Crippen LogP) is 2.35. The van der Waals surface area contributed by atoms with Crippen LogP contribution in [-0.2, 0) is 0 Å². The van der Waals surface area contributed by atoms with Crippen LogP contribution in [0.2, 0.25) is 1.41 Å². The van der Waals surface area contributed by atoms with Crippen molar-refractivity contribution < 1.29 is 38.7 Å². The van der Waals surface area contributed by atoms with Crippen molar-refractivity contribution in [3.63, 3.8) is 0 Å². The summed E-state index contributed by atoms with van der Waals surface area (Å²) in [7, 11) is 0. The van der Waals surface area contributed by atoms with Crippen LogP contribution < -0.4 is 10.9 Å². The Balaban J connectivity index is 2.19. The molecule has 2 N–H and O–H groups in total. The average molecular weight is 401 g/mol. The van der Waals surface area contributed by atoms with Crippen LogP contribution in [0.3, 0.4) is 0 Å². The first-order valence-electron chi connectivity index (χ1n) is 17.9. The Labute approximate surface area is 187 Å². The molecule has 1 aliphatic rings. The molecule has 1 aliphatic heterocycles. The van der Waals surface area contributed by atoms with Gasteiger partial charge in [-0.05, 0) is 52.4 Å². The molecule has 2 aromatic rings. The number of carbonyl (C=O) groups is 1. The number of carbonyl (C=O) groups excluding carboxylic acids is 1. The highest BCUT2D eigenvalue weighted by Gasteiger charge is 2.24. The molecule has 1 saturated heterocycles. The average Bonchev–Trinajstić information content (AvgIpc) is 3.28. The topological polar surface area (TPSA) is 87.5 Å². The zero-order valence-corrected chi connectivity index (χ0v) is 13.6. The highest BCUT2D eigenvalue weighted by atomic mass is 32.1. The van der Waals surface area contributed by atoms with Crippen LogP contribution in [0.15, 0.2) is 10.3 Å². The van der Waals surface area contributed by atoms with Gasteiger partial charge in [0.1, 0.15) is 15.9 Å². The lowest BCUT2D eigenvalue weighted by Gasteiger charge is -2.26. The third-order valence-corrected chi connectivity index (χ3v) is 3.83. The lowest BCUT2D eigenvalue weighted by atomic mass is 10.1. The van der Waals surface area contributed by atoms with E-state index in [0.717, 1.165) is 0 Å². The van der Waals surface area contributed by atoms with Crippen LogP contribution in [0.5, 0.6) is 5.75 Å². The third kappa shape index (κ3) is 3.76. The molecular weight excluding hydrogens is 352 g/mol. The molecule has 0 radical (unpaired) electrons. The molecule has 26 heavy (non-hydrogen) atoms. The minimum absolute atomic E-state index is 0.177. The minimum Gasteiger partial charge on any atom is -0.505 e. The highest BCUT2D eigenvalue weighted by molar-refractivity contribution is 7.16. The molecule has 3 rings (SSSR count). The Hall–Kier alpha value is -1.93. The number of hydrogen-bond acceptors (Lipinski definition) is 6. The van der Waals surface area contributed by atoms with Crippen LogP contribution >= 0.6 is 11.3 Å². The number of likely N-dealkylation sites (tertiary alicyclic amines) is 1. The van der Waals surface area contributed by atoms with E-state index in [1.807, 2.05) is 0 Å². The van der Waals surface area contributed by atoms with E-state index in [2.05, 4.69) is 10.1 Å². The molecule has 8 heteroatoms. The summed E-state index contributed by atoms with van der Waals surface area (Å²) in [5, 5.41) is 3.91. The number of nitrogens with zero attached hydrogens (tertiary/aromatic N) is 3. The van der Waals surface area contributed by atoms with E-state index in [-0.39, 0.29) is 20.8 Å². The predicted molar refractivity (Wildman–Crippen MR) is 103 cm³/mol. The number of pyridine rings is 1. The molecular formula is C18H26N4O3S. The van der Waals surface area contributed by atoms with Gasteiger partial charge >= 0.3 is 0 Å². The number of aromatic nitrogens is 2. The summed E-state index contributed by atoms with van der Waals surface area (Å²) in [4.78, 5) is 29.8. The second-order valence-corrected chi connectivity index (χ2v) is 5.43. The fourth-order valence-electron chi connectivity index (χ4n) is 2.00. The van der Waals surface area contributed by atoms with Gasteiger partial charge in [-0.2, -0.15) is 0 Å². The van der Waals surface area contributed by atoms with Crippen molar-refractivity contribution in [1.29, 1.82) is 1.43 Å². The van der Waals surface area contributed by atoms with Gasteiger partial charge in [0.05, 0.1) is 8.23 Å². The summed E-state index contributed by atoms with van der Waals surface area (Å²) >= 11 is 0.177. The Morgan fingerprint density at radius 3 is 3.19 bits per heavy atom. The van der Waals surface area contributed by atoms with Crippen molar-refractivity contribution in [3.05, 3.63) is 21.4 Å². The van der Waals surface area contributed by atoms with Gasteiger partial charge in [-0.1, -0.05) is 6.37 Å². The van der Waals surface area contributed by atoms with Gasteiger partial charge in [0, 0.05) is 37.2 Å². The number of amides is 1. The summed E-state index contributed by atoms with van der Waals surface area (Å²) < 4.78 is 175. The maximum Gasteiger partial charge on any atom is 0.293 e. The Bertz CT molecular complexity index is 1610. The first-order chi connectivity index (χ1) is 21.2. The number of fused-ring (bicyclic) bond motifs is 1. The molecule has 0 spiro atoms. The zero-order valence-electron chi connectivity index (χ0n) is 34.8. The molecule has 1 fully saturated rings. The normalized spacial score (nSPS) is 41.4. The molecule has 1 amide bonds. The number of thiazole rings is 1. The van der Waals surface area contributed by atoms with Gasteiger partial charge in [-0.15, -0.1) is 11.3 Å². The van der Waals surface area contributed by atoms with Crippen LogP contribution in [0.4, 0.5) is 0 Å². The summed E-state index contributed by atoms with van der Waals surface area (Å²) in [6, 6.07) is -3.88. The van der Waals surface area contributed by atoms with Crippen molar-refractivity contribution in [2.24, 2.45) is 0 Å². The lowest BCUT2D eigenvalue weighted by Crippen LogP contribution is -2.36. The summed E-state index contributed by atoms with van der Waals surface area (Å²) in [5.74, 6) is -3.11. The lowest BCUT2D eigenvalue weighted by molar-refractivity contribution is 0.0946. The van der Waals surface area contributed by atoms with E-state index in [0.29, 0.717) is 0 Å². The smallest absolute Gasteiger partial charge is 0.293 e. The van der Waals surface area contributed by atoms with Gasteiger partial charge in [0.15, 0.2) is 7.16 Å². The Morgan fingerprint density at radius 2 is 2.46 bits per heavy atom. The van der Waals surface area contributed by atoms with Crippen molar-refractivity contribution >= 4 is 27.6 Å². The van der Waals surface area contributed by atoms with Crippen molar-refractivity contribution in [2.45, 2.75) is 45.3 Å². The standard InChI is InChI=1S/C18H26N4O3S/c1-12(2)22-17(25)13(15(23)14-18(22)26-11-20-14)16(24)19-7-6-10-21-8-4-3-5-9-21/h11-12,23H,3-10H2,1-2H3,(H,19,24)/i1D3,2D3,3D2,4D2,5D2,7D,8D2,9D2,10D,11D,12D/hD2. The largest absolute Gasteiger partial charge is 0.505 e. The van der Waals surface area contributed by atoms with Gasteiger partial charge in [0.25, 0.3) is 12.9 Å². The number of nitrogens with one attached hydrogen (secondary N) is 1. The van der Waals surface area contributed by atoms with Crippen LogP contribution in [-0.4, -0.2) is 52.9 Å². The van der Waals surface area contributed by atoms with Crippen LogP contribution in [0.25, 0.3) is 10.3 Å². The number of aromatic hydroxyl groups is 1. The second-order valence-electron chi connectivity index (χ2n) is 4.66. The summed E-state index contributed by atoms with van der Waals surface area (Å²) in [6.45, 7) is -20.3. The fraction of sp³-hybridized carbons (Fsp3) is 0.611. The SMILES string of the molecule is [2H]Oc1c(C(=O)N([2H])C([2H])CC([2H])N2C([2H])([2H])C([2H])([2H])C([2H])([2H])C([2H])([2H])C2([2H])[2H])c(=O)n(C([2H])(C([2H])([2H])[2H])C([2H])([2H])[2H])c2sc([2H])nc12. The molecule has 142 valence electrons. The summed E-state index contributed by atoms with van der Waals surface area (Å²) in [5.41, 5.74) is -5.02. The zero-order chi connectivity index (χ0) is 37.8. The molecule has 2 atom stereocenters. The maximum atomic E-state index is 13.8.